The maximum Gasteiger partial charge on any atom is 0.250 e. The summed E-state index contributed by atoms with van der Waals surface area (Å²) in [5.41, 5.74) is 7.18. The maximum absolute atomic E-state index is 14.8. The van der Waals surface area contributed by atoms with Crippen LogP contribution in [0.1, 0.15) is 10.4 Å². The van der Waals surface area contributed by atoms with Gasteiger partial charge in [-0.2, -0.15) is 0 Å². The summed E-state index contributed by atoms with van der Waals surface area (Å²) < 4.78 is 14.8. The van der Waals surface area contributed by atoms with E-state index < -0.39 is 17.6 Å². The van der Waals surface area contributed by atoms with E-state index in [9.17, 15) is 14.0 Å². The highest BCUT2D eigenvalue weighted by atomic mass is 19.1. The number of nitrogens with one attached hydrogen (secondary N) is 2. The Hall–Kier alpha value is -3.41. The van der Waals surface area contributed by atoms with Gasteiger partial charge in [-0.1, -0.05) is 24.8 Å². The van der Waals surface area contributed by atoms with Gasteiger partial charge in [-0.25, -0.2) is 4.39 Å². The number of primary amides is 1. The molecule has 2 amide bonds. The summed E-state index contributed by atoms with van der Waals surface area (Å²) in [5, 5.41) is 3.09. The molecule has 3 rings (SSSR count). The van der Waals surface area contributed by atoms with Gasteiger partial charge in [-0.3, -0.25) is 9.59 Å². The number of aromatic nitrogens is 1. The lowest BCUT2D eigenvalue weighted by Crippen LogP contribution is -2.11. The maximum atomic E-state index is 14.8. The molecule has 3 aromatic rings. The number of hydrogen-bond acceptors (Lipinski definition) is 2. The van der Waals surface area contributed by atoms with Crippen molar-refractivity contribution >= 4 is 28.4 Å². The molecule has 0 aliphatic heterocycles. The second kappa shape index (κ2) is 6.00. The molecule has 0 aliphatic carbocycles. The fourth-order valence-corrected chi connectivity index (χ4v) is 2.62. The van der Waals surface area contributed by atoms with Crippen molar-refractivity contribution < 1.29 is 14.0 Å². The third-order valence-electron chi connectivity index (χ3n) is 3.72. The van der Waals surface area contributed by atoms with Crippen LogP contribution in [0, 0.1) is 5.82 Å². The van der Waals surface area contributed by atoms with Crippen molar-refractivity contribution in [1.82, 2.24) is 4.98 Å². The number of carbonyl (C=O) groups excluding carboxylic acids is 2. The third-order valence-corrected chi connectivity index (χ3v) is 3.72. The average Bonchev–Trinajstić information content (AvgIpc) is 3.05. The molecule has 0 fully saturated rings. The first-order valence-electron chi connectivity index (χ1n) is 7.15. The predicted octanol–water partition coefficient (Wildman–Crippen LogP) is 3.20. The second-order valence-corrected chi connectivity index (χ2v) is 5.15. The van der Waals surface area contributed by atoms with E-state index in [1.807, 2.05) is 0 Å². The van der Waals surface area contributed by atoms with Crippen molar-refractivity contribution in [3.8, 4) is 11.1 Å². The van der Waals surface area contributed by atoms with Gasteiger partial charge in [0.05, 0.1) is 16.8 Å². The van der Waals surface area contributed by atoms with Gasteiger partial charge in [0, 0.05) is 17.1 Å². The molecule has 0 aliphatic rings. The highest BCUT2D eigenvalue weighted by Gasteiger charge is 2.16. The number of rotatable bonds is 4. The molecule has 2 aromatic carbocycles. The number of amides is 2. The summed E-state index contributed by atoms with van der Waals surface area (Å²) in [6, 6.07) is 9.62. The minimum Gasteiger partial charge on any atom is -0.366 e. The minimum atomic E-state index is -0.568. The monoisotopic (exact) mass is 323 g/mol. The zero-order chi connectivity index (χ0) is 17.3. The van der Waals surface area contributed by atoms with Gasteiger partial charge in [0.1, 0.15) is 0 Å². The summed E-state index contributed by atoms with van der Waals surface area (Å²) in [6.07, 6.45) is 2.72. The molecule has 4 N–H and O–H groups in total. The van der Waals surface area contributed by atoms with Crippen molar-refractivity contribution in [2.24, 2.45) is 5.73 Å². The van der Waals surface area contributed by atoms with Crippen LogP contribution in [-0.2, 0) is 4.79 Å². The SMILES string of the molecule is C=CC(=O)Nc1cccc(-c2ccc(C(N)=O)c3[nH]ccc23)c1F. The molecule has 24 heavy (non-hydrogen) atoms. The molecular formula is C18H14FN3O2. The largest absolute Gasteiger partial charge is 0.366 e. The van der Waals surface area contributed by atoms with E-state index in [2.05, 4.69) is 16.9 Å². The Balaban J connectivity index is 2.18. The van der Waals surface area contributed by atoms with E-state index in [4.69, 9.17) is 5.73 Å². The van der Waals surface area contributed by atoms with Gasteiger partial charge in [-0.05, 0) is 29.8 Å². The van der Waals surface area contributed by atoms with Crippen LogP contribution in [0.5, 0.6) is 0 Å². The Morgan fingerprint density at radius 1 is 1.17 bits per heavy atom. The van der Waals surface area contributed by atoms with Crippen LogP contribution >= 0.6 is 0 Å². The normalized spacial score (nSPS) is 10.5. The summed E-state index contributed by atoms with van der Waals surface area (Å²) in [6.45, 7) is 3.34. The summed E-state index contributed by atoms with van der Waals surface area (Å²) in [7, 11) is 0. The lowest BCUT2D eigenvalue weighted by molar-refractivity contribution is -0.111. The average molecular weight is 323 g/mol. The molecule has 0 saturated carbocycles. The van der Waals surface area contributed by atoms with Crippen molar-refractivity contribution in [3.63, 3.8) is 0 Å². The number of nitrogens with two attached hydrogens (primary N) is 1. The predicted molar refractivity (Wildman–Crippen MR) is 91.0 cm³/mol. The van der Waals surface area contributed by atoms with E-state index in [0.29, 0.717) is 27.6 Å². The van der Waals surface area contributed by atoms with Crippen LogP contribution in [0.3, 0.4) is 0 Å². The van der Waals surface area contributed by atoms with Crippen LogP contribution in [0.15, 0.2) is 55.3 Å². The quantitative estimate of drug-likeness (QED) is 0.644. The molecule has 0 unspecified atom stereocenters. The van der Waals surface area contributed by atoms with E-state index in [-0.39, 0.29) is 5.69 Å². The Morgan fingerprint density at radius 3 is 2.67 bits per heavy atom. The molecule has 0 saturated heterocycles. The summed E-state index contributed by atoms with van der Waals surface area (Å²) >= 11 is 0. The fraction of sp³-hybridized carbons (Fsp3) is 0. The number of hydrogen-bond donors (Lipinski definition) is 3. The molecule has 120 valence electrons. The number of benzene rings is 2. The summed E-state index contributed by atoms with van der Waals surface area (Å²) in [5.74, 6) is -1.63. The standard InChI is InChI=1S/C18H14FN3O2/c1-2-15(23)22-14-5-3-4-11(16(14)19)10-6-7-13(18(20)24)17-12(10)8-9-21-17/h2-9,21H,1H2,(H2,20,24)(H,22,23). The molecule has 0 bridgehead atoms. The first-order chi connectivity index (χ1) is 11.5. The number of halogens is 1. The van der Waals surface area contributed by atoms with Crippen LogP contribution in [0.4, 0.5) is 10.1 Å². The van der Waals surface area contributed by atoms with Crippen LogP contribution in [0.25, 0.3) is 22.0 Å². The van der Waals surface area contributed by atoms with E-state index >= 15 is 0 Å². The number of aromatic amines is 1. The van der Waals surface area contributed by atoms with Crippen LogP contribution in [0.2, 0.25) is 0 Å². The van der Waals surface area contributed by atoms with Crippen molar-refractivity contribution in [3.05, 3.63) is 66.6 Å². The molecule has 0 spiro atoms. The van der Waals surface area contributed by atoms with Crippen LogP contribution in [-0.4, -0.2) is 16.8 Å². The van der Waals surface area contributed by atoms with Crippen molar-refractivity contribution in [2.45, 2.75) is 0 Å². The van der Waals surface area contributed by atoms with Crippen LogP contribution < -0.4 is 11.1 Å². The van der Waals surface area contributed by atoms with Crippen molar-refractivity contribution in [2.75, 3.05) is 5.32 Å². The number of carbonyl (C=O) groups is 2. The summed E-state index contributed by atoms with van der Waals surface area (Å²) in [4.78, 5) is 25.9. The Morgan fingerprint density at radius 2 is 1.96 bits per heavy atom. The number of anilines is 1. The zero-order valence-electron chi connectivity index (χ0n) is 12.6. The molecule has 1 heterocycles. The molecule has 0 atom stereocenters. The van der Waals surface area contributed by atoms with Gasteiger partial charge in [-0.15, -0.1) is 0 Å². The van der Waals surface area contributed by atoms with Gasteiger partial charge in [0.25, 0.3) is 5.91 Å². The fourth-order valence-electron chi connectivity index (χ4n) is 2.62. The zero-order valence-corrected chi connectivity index (χ0v) is 12.6. The third kappa shape index (κ3) is 2.54. The van der Waals surface area contributed by atoms with Crippen molar-refractivity contribution in [1.29, 1.82) is 0 Å². The van der Waals surface area contributed by atoms with E-state index in [1.165, 1.54) is 6.07 Å². The molecule has 5 nitrogen and oxygen atoms in total. The van der Waals surface area contributed by atoms with E-state index in [0.717, 1.165) is 6.08 Å². The number of H-pyrrole nitrogens is 1. The van der Waals surface area contributed by atoms with Gasteiger partial charge < -0.3 is 16.0 Å². The number of fused-ring (bicyclic) bond motifs is 1. The lowest BCUT2D eigenvalue weighted by Gasteiger charge is -2.11. The molecule has 1 aromatic heterocycles. The minimum absolute atomic E-state index is 0.0556. The first kappa shape index (κ1) is 15.5. The smallest absolute Gasteiger partial charge is 0.250 e. The molecular weight excluding hydrogens is 309 g/mol. The van der Waals surface area contributed by atoms with Gasteiger partial charge >= 0.3 is 0 Å². The van der Waals surface area contributed by atoms with E-state index in [1.54, 1.807) is 36.5 Å². The van der Waals surface area contributed by atoms with Gasteiger partial charge in [0.15, 0.2) is 5.82 Å². The lowest BCUT2D eigenvalue weighted by atomic mass is 9.98. The second-order valence-electron chi connectivity index (χ2n) is 5.15. The molecule has 6 heteroatoms. The topological polar surface area (TPSA) is 88.0 Å². The van der Waals surface area contributed by atoms with Gasteiger partial charge in [0.2, 0.25) is 5.91 Å². The highest BCUT2D eigenvalue weighted by molar-refractivity contribution is 6.09. The Bertz CT molecular complexity index is 976. The first-order valence-corrected chi connectivity index (χ1v) is 7.15. The Labute approximate surface area is 137 Å². The Kier molecular flexibility index (Phi) is 3.87. The highest BCUT2D eigenvalue weighted by Crippen LogP contribution is 2.34. The molecule has 0 radical (unpaired) electrons.